The predicted octanol–water partition coefficient (Wildman–Crippen LogP) is 0.0616. The molecule has 0 aromatic carbocycles. The van der Waals surface area contributed by atoms with Crippen molar-refractivity contribution < 1.29 is 9.00 Å². The summed E-state index contributed by atoms with van der Waals surface area (Å²) in [7, 11) is -0.659. The van der Waals surface area contributed by atoms with Crippen LogP contribution >= 0.6 is 0 Å². The van der Waals surface area contributed by atoms with E-state index < -0.39 is 10.8 Å². The summed E-state index contributed by atoms with van der Waals surface area (Å²) in [6.45, 7) is 5.42. The zero-order valence-electron chi connectivity index (χ0n) is 9.85. The van der Waals surface area contributed by atoms with Gasteiger partial charge in [-0.05, 0) is 19.8 Å². The molecule has 0 aromatic rings. The molecule has 2 saturated heterocycles. The number of hydrogen-bond acceptors (Lipinski definition) is 3. The van der Waals surface area contributed by atoms with Crippen LogP contribution in [0.4, 0.5) is 0 Å². The molecule has 1 amide bonds. The van der Waals surface area contributed by atoms with Crippen molar-refractivity contribution in [2.75, 3.05) is 37.7 Å². The minimum Gasteiger partial charge on any atom is -0.341 e. The molecule has 1 atom stereocenters. The maximum absolute atomic E-state index is 12.1. The minimum atomic E-state index is -0.659. The number of rotatable bonds is 2. The Balaban J connectivity index is 1.88. The van der Waals surface area contributed by atoms with Crippen molar-refractivity contribution in [3.8, 4) is 0 Å². The van der Waals surface area contributed by atoms with Gasteiger partial charge in [-0.25, -0.2) is 0 Å². The van der Waals surface area contributed by atoms with Crippen molar-refractivity contribution in [3.05, 3.63) is 0 Å². The highest BCUT2D eigenvalue weighted by Gasteiger charge is 2.29. The van der Waals surface area contributed by atoms with E-state index in [9.17, 15) is 9.00 Å². The predicted molar refractivity (Wildman–Crippen MR) is 64.7 cm³/mol. The van der Waals surface area contributed by atoms with Gasteiger partial charge in [0.15, 0.2) is 0 Å². The highest BCUT2D eigenvalue weighted by molar-refractivity contribution is 7.85. The molecule has 2 fully saturated rings. The van der Waals surface area contributed by atoms with Gasteiger partial charge in [-0.1, -0.05) is 0 Å². The van der Waals surface area contributed by atoms with Crippen LogP contribution in [0, 0.1) is 0 Å². The van der Waals surface area contributed by atoms with Crippen LogP contribution in [0.15, 0.2) is 0 Å². The fraction of sp³-hybridized carbons (Fsp3) is 0.909. The lowest BCUT2D eigenvalue weighted by atomic mass is 10.2. The molecule has 0 N–H and O–H groups in total. The molecule has 92 valence electrons. The standard InChI is InChI=1S/C11H20N2O2S/c1-10(11(14)13-4-2-3-5-13)12-6-8-16(15)9-7-12/h10H,2-9H2,1H3. The normalized spacial score (nSPS) is 25.9. The fourth-order valence-corrected chi connectivity index (χ4v) is 3.48. The Bertz CT molecular complexity index is 280. The molecular formula is C11H20N2O2S. The van der Waals surface area contributed by atoms with E-state index in [-0.39, 0.29) is 11.9 Å². The van der Waals surface area contributed by atoms with E-state index in [2.05, 4.69) is 4.90 Å². The largest absolute Gasteiger partial charge is 0.341 e. The Hall–Kier alpha value is -0.420. The quantitative estimate of drug-likeness (QED) is 0.690. The summed E-state index contributed by atoms with van der Waals surface area (Å²) < 4.78 is 11.2. The monoisotopic (exact) mass is 244 g/mol. The number of hydrogen-bond donors (Lipinski definition) is 0. The highest BCUT2D eigenvalue weighted by Crippen LogP contribution is 2.13. The number of nitrogens with zero attached hydrogens (tertiary/aromatic N) is 2. The van der Waals surface area contributed by atoms with Crippen molar-refractivity contribution in [3.63, 3.8) is 0 Å². The summed E-state index contributed by atoms with van der Waals surface area (Å²) in [5.74, 6) is 1.69. The van der Waals surface area contributed by atoms with Crippen LogP contribution in [0.3, 0.4) is 0 Å². The molecule has 0 aromatic heterocycles. The molecule has 4 nitrogen and oxygen atoms in total. The summed E-state index contributed by atoms with van der Waals surface area (Å²) in [5.41, 5.74) is 0. The van der Waals surface area contributed by atoms with Crippen LogP contribution in [0.25, 0.3) is 0 Å². The SMILES string of the molecule is CC(C(=O)N1CCCC1)N1CCS(=O)CC1. The molecule has 0 spiro atoms. The Morgan fingerprint density at radius 3 is 2.25 bits per heavy atom. The van der Waals surface area contributed by atoms with Crippen LogP contribution in [0.2, 0.25) is 0 Å². The first-order valence-electron chi connectivity index (χ1n) is 6.06. The van der Waals surface area contributed by atoms with Crippen LogP contribution in [-0.2, 0) is 15.6 Å². The van der Waals surface area contributed by atoms with E-state index in [0.717, 1.165) is 50.5 Å². The summed E-state index contributed by atoms with van der Waals surface area (Å²) in [4.78, 5) is 16.3. The molecule has 0 saturated carbocycles. The second kappa shape index (κ2) is 5.27. The van der Waals surface area contributed by atoms with Crippen LogP contribution < -0.4 is 0 Å². The van der Waals surface area contributed by atoms with Crippen molar-refractivity contribution in [1.82, 2.24) is 9.80 Å². The topological polar surface area (TPSA) is 40.6 Å². The lowest BCUT2D eigenvalue weighted by molar-refractivity contribution is -0.135. The average Bonchev–Trinajstić information content (AvgIpc) is 2.81. The van der Waals surface area contributed by atoms with Gasteiger partial charge in [0.1, 0.15) is 0 Å². The van der Waals surface area contributed by atoms with Gasteiger partial charge in [0.2, 0.25) is 5.91 Å². The fourth-order valence-electron chi connectivity index (χ4n) is 2.40. The van der Waals surface area contributed by atoms with Crippen LogP contribution in [-0.4, -0.2) is 63.6 Å². The molecule has 0 radical (unpaired) electrons. The van der Waals surface area contributed by atoms with E-state index >= 15 is 0 Å². The second-order valence-electron chi connectivity index (χ2n) is 4.59. The average molecular weight is 244 g/mol. The maximum Gasteiger partial charge on any atom is 0.239 e. The molecule has 2 aliphatic heterocycles. The van der Waals surface area contributed by atoms with Crippen molar-refractivity contribution in [2.24, 2.45) is 0 Å². The van der Waals surface area contributed by atoms with Gasteiger partial charge >= 0.3 is 0 Å². The summed E-state index contributed by atoms with van der Waals surface area (Å²) in [6, 6.07) is -0.0320. The van der Waals surface area contributed by atoms with Gasteiger partial charge in [-0.2, -0.15) is 0 Å². The van der Waals surface area contributed by atoms with Crippen LogP contribution in [0.5, 0.6) is 0 Å². The molecular weight excluding hydrogens is 224 g/mol. The summed E-state index contributed by atoms with van der Waals surface area (Å²) >= 11 is 0. The van der Waals surface area contributed by atoms with Gasteiger partial charge in [-0.3, -0.25) is 13.9 Å². The second-order valence-corrected chi connectivity index (χ2v) is 6.29. The Kier molecular flexibility index (Phi) is 3.97. The zero-order chi connectivity index (χ0) is 11.5. The Labute approximate surface area is 99.4 Å². The lowest BCUT2D eigenvalue weighted by Crippen LogP contribution is -2.50. The van der Waals surface area contributed by atoms with E-state index in [4.69, 9.17) is 0 Å². The summed E-state index contributed by atoms with van der Waals surface area (Å²) in [5, 5.41) is 0. The number of likely N-dealkylation sites (tertiary alicyclic amines) is 1. The van der Waals surface area contributed by atoms with Gasteiger partial charge < -0.3 is 4.90 Å². The molecule has 5 heteroatoms. The Morgan fingerprint density at radius 2 is 1.69 bits per heavy atom. The lowest BCUT2D eigenvalue weighted by Gasteiger charge is -2.33. The van der Waals surface area contributed by atoms with E-state index in [1.807, 2.05) is 11.8 Å². The molecule has 0 aliphatic carbocycles. The number of carbonyl (C=O) groups is 1. The molecule has 2 heterocycles. The first-order valence-corrected chi connectivity index (χ1v) is 7.55. The molecule has 16 heavy (non-hydrogen) atoms. The maximum atomic E-state index is 12.1. The molecule has 2 rings (SSSR count). The van der Waals surface area contributed by atoms with Gasteiger partial charge in [0.25, 0.3) is 0 Å². The van der Waals surface area contributed by atoms with Crippen molar-refractivity contribution >= 4 is 16.7 Å². The number of amides is 1. The van der Waals surface area contributed by atoms with E-state index in [0.29, 0.717) is 0 Å². The van der Waals surface area contributed by atoms with Gasteiger partial charge in [-0.15, -0.1) is 0 Å². The molecule has 0 bridgehead atoms. The molecule has 1 unspecified atom stereocenters. The van der Waals surface area contributed by atoms with Gasteiger partial charge in [0, 0.05) is 48.5 Å². The summed E-state index contributed by atoms with van der Waals surface area (Å²) in [6.07, 6.45) is 2.28. The highest BCUT2D eigenvalue weighted by atomic mass is 32.2. The third-order valence-electron chi connectivity index (χ3n) is 3.54. The third-order valence-corrected chi connectivity index (χ3v) is 4.81. The third kappa shape index (κ3) is 2.63. The van der Waals surface area contributed by atoms with Crippen molar-refractivity contribution in [1.29, 1.82) is 0 Å². The first-order chi connectivity index (χ1) is 7.68. The molecule has 2 aliphatic rings. The van der Waals surface area contributed by atoms with E-state index in [1.54, 1.807) is 0 Å². The first kappa shape index (κ1) is 12.0. The minimum absolute atomic E-state index is 0.0320. The number of carbonyl (C=O) groups excluding carboxylic acids is 1. The smallest absolute Gasteiger partial charge is 0.239 e. The zero-order valence-corrected chi connectivity index (χ0v) is 10.7. The Morgan fingerprint density at radius 1 is 1.12 bits per heavy atom. The van der Waals surface area contributed by atoms with Crippen LogP contribution in [0.1, 0.15) is 19.8 Å². The van der Waals surface area contributed by atoms with Crippen molar-refractivity contribution in [2.45, 2.75) is 25.8 Å². The van der Waals surface area contributed by atoms with E-state index in [1.165, 1.54) is 0 Å². The van der Waals surface area contributed by atoms with Gasteiger partial charge in [0.05, 0.1) is 6.04 Å².